The van der Waals surface area contributed by atoms with Crippen molar-refractivity contribution in [2.75, 3.05) is 11.9 Å². The summed E-state index contributed by atoms with van der Waals surface area (Å²) in [6.07, 6.45) is 9.90. The van der Waals surface area contributed by atoms with Gasteiger partial charge in [0.15, 0.2) is 0 Å². The van der Waals surface area contributed by atoms with Crippen LogP contribution in [0.25, 0.3) is 5.70 Å². The van der Waals surface area contributed by atoms with Crippen LogP contribution < -0.4 is 10.6 Å². The van der Waals surface area contributed by atoms with Crippen molar-refractivity contribution in [1.29, 1.82) is 0 Å². The lowest BCUT2D eigenvalue weighted by Crippen LogP contribution is -2.30. The van der Waals surface area contributed by atoms with Crippen LogP contribution in [0.15, 0.2) is 72.3 Å². The number of rotatable bonds is 7. The van der Waals surface area contributed by atoms with Gasteiger partial charge in [-0.2, -0.15) is 0 Å². The molecular weight excluding hydrogens is 406 g/mol. The van der Waals surface area contributed by atoms with Crippen molar-refractivity contribution >= 4 is 34.7 Å². The van der Waals surface area contributed by atoms with Crippen LogP contribution in [0, 0.1) is 5.92 Å². The number of hydrogen-bond donors (Lipinski definition) is 2. The highest BCUT2D eigenvalue weighted by Crippen LogP contribution is 2.23. The summed E-state index contributed by atoms with van der Waals surface area (Å²) in [5, 5.41) is 7.04. The van der Waals surface area contributed by atoms with E-state index in [1.165, 1.54) is 32.1 Å². The highest BCUT2D eigenvalue weighted by Gasteiger charge is 2.14. The molecule has 2 N–H and O–H groups in total. The first-order chi connectivity index (χ1) is 15.0. The lowest BCUT2D eigenvalue weighted by Gasteiger charge is -2.21. The molecule has 0 unspecified atom stereocenters. The largest absolute Gasteiger partial charge is 0.352 e. The molecule has 3 rings (SSSR count). The van der Waals surface area contributed by atoms with E-state index in [9.17, 15) is 4.79 Å². The Morgan fingerprint density at radius 3 is 2.35 bits per heavy atom. The van der Waals surface area contributed by atoms with Crippen molar-refractivity contribution in [3.05, 3.63) is 83.4 Å². The molecule has 1 saturated carbocycles. The van der Waals surface area contributed by atoms with E-state index in [4.69, 9.17) is 11.6 Å². The molecule has 0 spiro atoms. The fourth-order valence-corrected chi connectivity index (χ4v) is 3.91. The van der Waals surface area contributed by atoms with Crippen LogP contribution in [0.2, 0.25) is 5.02 Å². The number of hydrogen-bond acceptors (Lipinski definition) is 2. The van der Waals surface area contributed by atoms with E-state index < -0.39 is 0 Å². The predicted molar refractivity (Wildman–Crippen MR) is 132 cm³/mol. The SMILES string of the molecule is C=C/C=C(\N=C(C)Nc1ccc(C(=O)NCC2CCCCC2)cc1)c1ccc(Cl)cc1. The van der Waals surface area contributed by atoms with E-state index >= 15 is 0 Å². The summed E-state index contributed by atoms with van der Waals surface area (Å²) in [4.78, 5) is 17.1. The molecule has 1 aliphatic carbocycles. The van der Waals surface area contributed by atoms with Gasteiger partial charge < -0.3 is 10.6 Å². The Bertz CT molecular complexity index is 940. The van der Waals surface area contributed by atoms with Gasteiger partial charge in [0.25, 0.3) is 5.91 Å². The number of nitrogens with one attached hydrogen (secondary N) is 2. The van der Waals surface area contributed by atoms with Crippen molar-refractivity contribution in [3.8, 4) is 0 Å². The summed E-state index contributed by atoms with van der Waals surface area (Å²) in [5.41, 5.74) is 3.29. The monoisotopic (exact) mass is 435 g/mol. The molecule has 2 aromatic carbocycles. The van der Waals surface area contributed by atoms with Gasteiger partial charge in [-0.3, -0.25) is 4.79 Å². The zero-order chi connectivity index (χ0) is 22.1. The van der Waals surface area contributed by atoms with Gasteiger partial charge >= 0.3 is 0 Å². The third-order valence-corrected chi connectivity index (χ3v) is 5.70. The minimum Gasteiger partial charge on any atom is -0.352 e. The average molecular weight is 436 g/mol. The number of benzene rings is 2. The minimum absolute atomic E-state index is 0.0125. The standard InChI is InChI=1S/C26H30ClN3O/c1-3-7-25(21-10-14-23(27)15-11-21)30-19(2)29-24-16-12-22(13-17-24)26(31)28-18-20-8-5-4-6-9-20/h3,7,10-17,20H,1,4-6,8-9,18H2,2H3,(H,28,31)(H,29,30)/b25-7-. The van der Waals surface area contributed by atoms with E-state index in [1.807, 2.05) is 61.5 Å². The average Bonchev–Trinajstić information content (AvgIpc) is 2.79. The molecule has 4 nitrogen and oxygen atoms in total. The molecule has 1 fully saturated rings. The van der Waals surface area contributed by atoms with Crippen LogP contribution in [0.1, 0.15) is 54.9 Å². The van der Waals surface area contributed by atoms with Crippen molar-refractivity contribution < 1.29 is 4.79 Å². The maximum absolute atomic E-state index is 12.4. The van der Waals surface area contributed by atoms with E-state index in [0.717, 1.165) is 29.3 Å². The number of carbonyl (C=O) groups excluding carboxylic acids is 1. The summed E-state index contributed by atoms with van der Waals surface area (Å²) in [7, 11) is 0. The molecule has 0 heterocycles. The molecule has 0 bridgehead atoms. The normalized spacial score (nSPS) is 15.4. The lowest BCUT2D eigenvalue weighted by molar-refractivity contribution is 0.0943. The highest BCUT2D eigenvalue weighted by molar-refractivity contribution is 6.30. The van der Waals surface area contributed by atoms with Gasteiger partial charge in [-0.1, -0.05) is 55.7 Å². The van der Waals surface area contributed by atoms with Crippen molar-refractivity contribution in [1.82, 2.24) is 5.32 Å². The number of anilines is 1. The third-order valence-electron chi connectivity index (χ3n) is 5.45. The molecule has 0 radical (unpaired) electrons. The Hall–Kier alpha value is -2.85. The summed E-state index contributed by atoms with van der Waals surface area (Å²) in [5.74, 6) is 1.34. The summed E-state index contributed by atoms with van der Waals surface area (Å²) >= 11 is 5.98. The number of nitrogens with zero attached hydrogens (tertiary/aromatic N) is 1. The number of carbonyl (C=O) groups is 1. The van der Waals surface area contributed by atoms with Crippen LogP contribution in [0.5, 0.6) is 0 Å². The summed E-state index contributed by atoms with van der Waals surface area (Å²) < 4.78 is 0. The first-order valence-electron chi connectivity index (χ1n) is 10.8. The molecule has 0 saturated heterocycles. The number of allylic oxidation sites excluding steroid dienone is 2. The first-order valence-corrected chi connectivity index (χ1v) is 11.2. The summed E-state index contributed by atoms with van der Waals surface area (Å²) in [6, 6.07) is 15.0. The van der Waals surface area contributed by atoms with Crippen LogP contribution in [-0.2, 0) is 0 Å². The second kappa shape index (κ2) is 11.5. The molecule has 0 aromatic heterocycles. The van der Waals surface area contributed by atoms with Crippen molar-refractivity contribution in [3.63, 3.8) is 0 Å². The predicted octanol–water partition coefficient (Wildman–Crippen LogP) is 6.71. The zero-order valence-corrected chi connectivity index (χ0v) is 18.8. The molecule has 5 heteroatoms. The second-order valence-electron chi connectivity index (χ2n) is 7.91. The number of aliphatic imine (C=N–C) groups is 1. The maximum atomic E-state index is 12.4. The van der Waals surface area contributed by atoms with E-state index in [1.54, 1.807) is 6.08 Å². The topological polar surface area (TPSA) is 53.5 Å². The van der Waals surface area contributed by atoms with Crippen LogP contribution >= 0.6 is 11.6 Å². The molecular formula is C26H30ClN3O. The lowest BCUT2D eigenvalue weighted by atomic mass is 9.89. The van der Waals surface area contributed by atoms with Crippen molar-refractivity contribution in [2.45, 2.75) is 39.0 Å². The Balaban J connectivity index is 1.59. The van der Waals surface area contributed by atoms with Crippen LogP contribution in [0.4, 0.5) is 5.69 Å². The Morgan fingerprint density at radius 2 is 1.71 bits per heavy atom. The molecule has 2 aromatic rings. The fraction of sp³-hybridized carbons (Fsp3) is 0.308. The van der Waals surface area contributed by atoms with E-state index in [-0.39, 0.29) is 5.91 Å². The molecule has 1 aliphatic rings. The van der Waals surface area contributed by atoms with E-state index in [2.05, 4.69) is 22.2 Å². The van der Waals surface area contributed by atoms with Gasteiger partial charge in [0.05, 0.1) is 5.70 Å². The zero-order valence-electron chi connectivity index (χ0n) is 18.0. The van der Waals surface area contributed by atoms with Crippen LogP contribution in [0.3, 0.4) is 0 Å². The first kappa shape index (κ1) is 22.8. The minimum atomic E-state index is -0.0125. The van der Waals surface area contributed by atoms with Gasteiger partial charge in [-0.25, -0.2) is 4.99 Å². The number of amides is 1. The Morgan fingerprint density at radius 1 is 1.06 bits per heavy atom. The van der Waals surface area contributed by atoms with Gasteiger partial charge in [0.1, 0.15) is 5.84 Å². The maximum Gasteiger partial charge on any atom is 0.251 e. The molecule has 0 atom stereocenters. The number of halogens is 1. The third kappa shape index (κ3) is 7.11. The smallest absolute Gasteiger partial charge is 0.251 e. The summed E-state index contributed by atoms with van der Waals surface area (Å²) in [6.45, 7) is 6.45. The van der Waals surface area contributed by atoms with Crippen LogP contribution in [-0.4, -0.2) is 18.3 Å². The molecule has 162 valence electrons. The molecule has 1 amide bonds. The van der Waals surface area contributed by atoms with Crippen molar-refractivity contribution in [2.24, 2.45) is 10.9 Å². The molecule has 0 aliphatic heterocycles. The Labute approximate surface area is 190 Å². The van der Waals surface area contributed by atoms with Gasteiger partial charge in [-0.15, -0.1) is 0 Å². The van der Waals surface area contributed by atoms with Gasteiger partial charge in [-0.05, 0) is 68.2 Å². The number of amidine groups is 1. The van der Waals surface area contributed by atoms with E-state index in [0.29, 0.717) is 16.5 Å². The quantitative estimate of drug-likeness (QED) is 0.288. The molecule has 31 heavy (non-hydrogen) atoms. The highest BCUT2D eigenvalue weighted by atomic mass is 35.5. The van der Waals surface area contributed by atoms with Gasteiger partial charge in [0.2, 0.25) is 0 Å². The van der Waals surface area contributed by atoms with Gasteiger partial charge in [0, 0.05) is 28.4 Å². The second-order valence-corrected chi connectivity index (χ2v) is 8.34. The fourth-order valence-electron chi connectivity index (χ4n) is 3.78. The Kier molecular flexibility index (Phi) is 8.48.